The van der Waals surface area contributed by atoms with Crippen molar-refractivity contribution in [2.45, 2.75) is 47.1 Å². The Kier molecular flexibility index (Phi) is 8.12. The first kappa shape index (κ1) is 16.8. The molecular weight excluding hydrogens is 250 g/mol. The Labute approximate surface area is 123 Å². The maximum Gasteiger partial charge on any atom is 0.165 e. The second-order valence-corrected chi connectivity index (χ2v) is 5.34. The quantitative estimate of drug-likeness (QED) is 0.656. The molecule has 0 aliphatic carbocycles. The van der Waals surface area contributed by atoms with Crippen LogP contribution in [0, 0.1) is 5.92 Å². The summed E-state index contributed by atoms with van der Waals surface area (Å²) in [6, 6.07) is 6.11. The third-order valence-electron chi connectivity index (χ3n) is 3.10. The molecule has 0 heterocycles. The zero-order valence-corrected chi connectivity index (χ0v) is 13.4. The van der Waals surface area contributed by atoms with Crippen molar-refractivity contribution >= 4 is 0 Å². The van der Waals surface area contributed by atoms with Crippen molar-refractivity contribution < 1.29 is 9.47 Å². The van der Waals surface area contributed by atoms with Gasteiger partial charge in [0.2, 0.25) is 0 Å². The average molecular weight is 279 g/mol. The normalized spacial score (nSPS) is 10.8. The fourth-order valence-corrected chi connectivity index (χ4v) is 2.06. The molecule has 0 amide bonds. The molecule has 1 N–H and O–H groups in total. The van der Waals surface area contributed by atoms with Crippen molar-refractivity contribution in [3.05, 3.63) is 23.8 Å². The molecule has 0 saturated carbocycles. The van der Waals surface area contributed by atoms with Crippen molar-refractivity contribution in [1.82, 2.24) is 5.32 Å². The first-order chi connectivity index (χ1) is 9.69. The Bertz CT molecular complexity index is 377. The summed E-state index contributed by atoms with van der Waals surface area (Å²) in [7, 11) is 0. The Hall–Kier alpha value is -1.22. The molecule has 0 unspecified atom stereocenters. The molecule has 3 nitrogen and oxygen atoms in total. The minimum absolute atomic E-state index is 0.660. The highest BCUT2D eigenvalue weighted by Crippen LogP contribution is 2.31. The van der Waals surface area contributed by atoms with E-state index in [1.54, 1.807) is 0 Å². The molecule has 20 heavy (non-hydrogen) atoms. The summed E-state index contributed by atoms with van der Waals surface area (Å²) in [6.07, 6.45) is 2.28. The topological polar surface area (TPSA) is 30.5 Å². The number of hydrogen-bond acceptors (Lipinski definition) is 3. The Morgan fingerprint density at radius 1 is 1.15 bits per heavy atom. The fourth-order valence-electron chi connectivity index (χ4n) is 2.06. The van der Waals surface area contributed by atoms with E-state index < -0.39 is 0 Å². The van der Waals surface area contributed by atoms with Gasteiger partial charge in [0.05, 0.1) is 13.2 Å². The molecule has 3 heteroatoms. The zero-order valence-electron chi connectivity index (χ0n) is 13.4. The number of rotatable bonds is 10. The summed E-state index contributed by atoms with van der Waals surface area (Å²) in [4.78, 5) is 0. The first-order valence-corrected chi connectivity index (χ1v) is 7.77. The van der Waals surface area contributed by atoms with Gasteiger partial charge >= 0.3 is 0 Å². The van der Waals surface area contributed by atoms with Crippen molar-refractivity contribution in [1.29, 1.82) is 0 Å². The highest BCUT2D eigenvalue weighted by molar-refractivity contribution is 5.46. The van der Waals surface area contributed by atoms with Crippen molar-refractivity contribution in [2.24, 2.45) is 5.92 Å². The van der Waals surface area contributed by atoms with Gasteiger partial charge in [0.15, 0.2) is 11.5 Å². The van der Waals surface area contributed by atoms with Gasteiger partial charge in [0.1, 0.15) is 0 Å². The predicted molar refractivity (Wildman–Crippen MR) is 84.6 cm³/mol. The lowest BCUT2D eigenvalue weighted by Crippen LogP contribution is -2.14. The minimum Gasteiger partial charge on any atom is -0.490 e. The van der Waals surface area contributed by atoms with Gasteiger partial charge in [0, 0.05) is 12.1 Å². The molecule has 0 aromatic heterocycles. The molecule has 0 aliphatic rings. The van der Waals surface area contributed by atoms with E-state index in [-0.39, 0.29) is 0 Å². The van der Waals surface area contributed by atoms with Crippen LogP contribution >= 0.6 is 0 Å². The average Bonchev–Trinajstić information content (AvgIpc) is 2.43. The Balaban J connectivity index is 2.70. The van der Waals surface area contributed by atoms with Gasteiger partial charge in [-0.25, -0.2) is 0 Å². The van der Waals surface area contributed by atoms with Crippen LogP contribution in [-0.2, 0) is 6.54 Å². The van der Waals surface area contributed by atoms with E-state index in [9.17, 15) is 0 Å². The van der Waals surface area contributed by atoms with Crippen molar-refractivity contribution in [2.75, 3.05) is 19.8 Å². The van der Waals surface area contributed by atoms with Crippen LogP contribution in [0.5, 0.6) is 11.5 Å². The fraction of sp³-hybridized carbons (Fsp3) is 0.647. The molecule has 1 rings (SSSR count). The lowest BCUT2D eigenvalue weighted by Gasteiger charge is -2.16. The molecular formula is C17H29NO2. The van der Waals surface area contributed by atoms with Crippen LogP contribution < -0.4 is 14.8 Å². The summed E-state index contributed by atoms with van der Waals surface area (Å²) in [6.45, 7) is 11.8. The Morgan fingerprint density at radius 3 is 2.60 bits per heavy atom. The van der Waals surface area contributed by atoms with Gasteiger partial charge in [-0.1, -0.05) is 32.9 Å². The van der Waals surface area contributed by atoms with Crippen molar-refractivity contribution in [3.63, 3.8) is 0 Å². The lowest BCUT2D eigenvalue weighted by atomic mass is 10.1. The van der Waals surface area contributed by atoms with Crippen LogP contribution in [0.15, 0.2) is 18.2 Å². The molecule has 1 aromatic rings. The standard InChI is InChI=1S/C17H29NO2/c1-5-18-13-15-10-7-11-16(19-6-2)17(15)20-12-8-9-14(3)4/h7,10-11,14,18H,5-6,8-9,12-13H2,1-4H3. The summed E-state index contributed by atoms with van der Waals surface area (Å²) >= 11 is 0. The number of hydrogen-bond donors (Lipinski definition) is 1. The van der Waals surface area contributed by atoms with Crippen LogP contribution in [0.3, 0.4) is 0 Å². The van der Waals surface area contributed by atoms with E-state index in [0.29, 0.717) is 6.61 Å². The molecule has 0 atom stereocenters. The molecule has 0 radical (unpaired) electrons. The third kappa shape index (κ3) is 5.83. The van der Waals surface area contributed by atoms with E-state index >= 15 is 0 Å². The van der Waals surface area contributed by atoms with E-state index in [0.717, 1.165) is 43.5 Å². The minimum atomic E-state index is 0.660. The van der Waals surface area contributed by atoms with Gasteiger partial charge in [0.25, 0.3) is 0 Å². The summed E-state index contributed by atoms with van der Waals surface area (Å²) < 4.78 is 11.7. The highest BCUT2D eigenvalue weighted by atomic mass is 16.5. The van der Waals surface area contributed by atoms with Gasteiger partial charge in [-0.2, -0.15) is 0 Å². The molecule has 114 valence electrons. The van der Waals surface area contributed by atoms with Gasteiger partial charge in [-0.15, -0.1) is 0 Å². The van der Waals surface area contributed by atoms with E-state index in [1.807, 2.05) is 19.1 Å². The van der Waals surface area contributed by atoms with Crippen LogP contribution in [0.2, 0.25) is 0 Å². The highest BCUT2D eigenvalue weighted by Gasteiger charge is 2.10. The van der Waals surface area contributed by atoms with Crippen molar-refractivity contribution in [3.8, 4) is 11.5 Å². The molecule has 0 aliphatic heterocycles. The van der Waals surface area contributed by atoms with Crippen LogP contribution in [-0.4, -0.2) is 19.8 Å². The maximum absolute atomic E-state index is 6.00. The van der Waals surface area contributed by atoms with Gasteiger partial charge in [-0.05, 0) is 38.3 Å². The lowest BCUT2D eigenvalue weighted by molar-refractivity contribution is 0.264. The summed E-state index contributed by atoms with van der Waals surface area (Å²) in [5.41, 5.74) is 1.17. The second-order valence-electron chi connectivity index (χ2n) is 5.34. The largest absolute Gasteiger partial charge is 0.490 e. The van der Waals surface area contributed by atoms with Crippen LogP contribution in [0.25, 0.3) is 0 Å². The Morgan fingerprint density at radius 2 is 1.95 bits per heavy atom. The van der Waals surface area contributed by atoms with E-state index in [2.05, 4.69) is 32.2 Å². The number of ether oxygens (including phenoxy) is 2. The second kappa shape index (κ2) is 9.65. The smallest absolute Gasteiger partial charge is 0.165 e. The molecule has 0 spiro atoms. The van der Waals surface area contributed by atoms with Crippen LogP contribution in [0.4, 0.5) is 0 Å². The van der Waals surface area contributed by atoms with E-state index in [1.165, 1.54) is 12.0 Å². The van der Waals surface area contributed by atoms with Gasteiger partial charge < -0.3 is 14.8 Å². The zero-order chi connectivity index (χ0) is 14.8. The van der Waals surface area contributed by atoms with Crippen LogP contribution in [0.1, 0.15) is 46.1 Å². The molecule has 1 aromatic carbocycles. The predicted octanol–water partition coefficient (Wildman–Crippen LogP) is 4.01. The van der Waals surface area contributed by atoms with Gasteiger partial charge in [-0.3, -0.25) is 0 Å². The van der Waals surface area contributed by atoms with E-state index in [4.69, 9.17) is 9.47 Å². The third-order valence-corrected chi connectivity index (χ3v) is 3.10. The first-order valence-electron chi connectivity index (χ1n) is 7.77. The summed E-state index contributed by atoms with van der Waals surface area (Å²) in [5.74, 6) is 2.48. The molecule has 0 bridgehead atoms. The molecule has 0 saturated heterocycles. The number of para-hydroxylation sites is 1. The monoisotopic (exact) mass is 279 g/mol. The number of benzene rings is 1. The number of nitrogens with one attached hydrogen (secondary N) is 1. The summed E-state index contributed by atoms with van der Waals surface area (Å²) in [5, 5.41) is 3.35. The SMILES string of the molecule is CCNCc1cccc(OCC)c1OCCCC(C)C. The molecule has 0 fully saturated rings. The maximum atomic E-state index is 6.00.